The van der Waals surface area contributed by atoms with E-state index >= 15 is 0 Å². The Balaban J connectivity index is 2.11. The first-order valence-corrected chi connectivity index (χ1v) is 7.60. The fourth-order valence-electron chi connectivity index (χ4n) is 2.07. The molecule has 0 saturated heterocycles. The average Bonchev–Trinajstić information content (AvgIpc) is 2.99. The fraction of sp³-hybridized carbons (Fsp3) is 0.312. The number of halogens is 2. The van der Waals surface area contributed by atoms with Gasteiger partial charge in [-0.05, 0) is 31.7 Å². The molecule has 118 valence electrons. The first-order valence-electron chi connectivity index (χ1n) is 6.85. The molecule has 22 heavy (non-hydrogen) atoms. The van der Waals surface area contributed by atoms with Crippen LogP contribution in [0, 0.1) is 0 Å². The van der Waals surface area contributed by atoms with Gasteiger partial charge in [0.15, 0.2) is 5.75 Å². The lowest BCUT2D eigenvalue weighted by Gasteiger charge is -2.23. The monoisotopic (exact) mass is 340 g/mol. The maximum Gasteiger partial charge on any atom is 0.156 e. The van der Waals surface area contributed by atoms with E-state index in [1.165, 1.54) is 0 Å². The van der Waals surface area contributed by atoms with Gasteiger partial charge in [0, 0.05) is 12.6 Å². The van der Waals surface area contributed by atoms with E-state index in [4.69, 9.17) is 32.5 Å². The van der Waals surface area contributed by atoms with Crippen molar-refractivity contribution in [1.29, 1.82) is 0 Å². The highest BCUT2D eigenvalue weighted by molar-refractivity contribution is 6.37. The Labute approximate surface area is 140 Å². The Kier molecular flexibility index (Phi) is 5.89. The summed E-state index contributed by atoms with van der Waals surface area (Å²) >= 11 is 12.5. The van der Waals surface area contributed by atoms with E-state index in [1.807, 2.05) is 25.2 Å². The zero-order chi connectivity index (χ0) is 16.1. The van der Waals surface area contributed by atoms with Crippen molar-refractivity contribution in [2.75, 3.05) is 13.7 Å². The molecule has 2 rings (SSSR count). The highest BCUT2D eigenvalue weighted by Gasteiger charge is 2.16. The van der Waals surface area contributed by atoms with Crippen molar-refractivity contribution in [3.63, 3.8) is 0 Å². The van der Waals surface area contributed by atoms with Crippen LogP contribution in [0.2, 0.25) is 10.0 Å². The van der Waals surface area contributed by atoms with E-state index in [0.717, 1.165) is 11.3 Å². The van der Waals surface area contributed by atoms with E-state index in [9.17, 15) is 0 Å². The van der Waals surface area contributed by atoms with Gasteiger partial charge in [0.2, 0.25) is 0 Å². The summed E-state index contributed by atoms with van der Waals surface area (Å²) in [6, 6.07) is 5.69. The van der Waals surface area contributed by atoms with Gasteiger partial charge in [0.1, 0.15) is 18.6 Å². The SMILES string of the molecule is C=CCOc1c(Cl)cc(CN(C)[C@H](C)c2ccon2)cc1Cl. The van der Waals surface area contributed by atoms with Crippen LogP contribution in [0.4, 0.5) is 0 Å². The zero-order valence-corrected chi connectivity index (χ0v) is 14.1. The molecule has 0 aliphatic rings. The molecular formula is C16H18Cl2N2O2. The first-order chi connectivity index (χ1) is 10.5. The third kappa shape index (κ3) is 4.03. The number of ether oxygens (including phenoxy) is 1. The van der Waals surface area contributed by atoms with Crippen LogP contribution in [0.15, 0.2) is 41.6 Å². The van der Waals surface area contributed by atoms with Crippen molar-refractivity contribution >= 4 is 23.2 Å². The number of nitrogens with zero attached hydrogens (tertiary/aromatic N) is 2. The molecule has 1 aromatic heterocycles. The minimum absolute atomic E-state index is 0.119. The molecule has 4 nitrogen and oxygen atoms in total. The van der Waals surface area contributed by atoms with Gasteiger partial charge in [-0.2, -0.15) is 0 Å². The molecule has 0 amide bonds. The summed E-state index contributed by atoms with van der Waals surface area (Å²) in [5.74, 6) is 0.485. The topological polar surface area (TPSA) is 38.5 Å². The Morgan fingerprint density at radius 3 is 2.64 bits per heavy atom. The lowest BCUT2D eigenvalue weighted by molar-refractivity contribution is 0.240. The van der Waals surface area contributed by atoms with Crippen LogP contribution in [0.25, 0.3) is 0 Å². The molecule has 0 aliphatic heterocycles. The fourth-order valence-corrected chi connectivity index (χ4v) is 2.71. The Hall–Kier alpha value is -1.49. The number of hydrogen-bond donors (Lipinski definition) is 0. The third-order valence-corrected chi connectivity index (χ3v) is 3.94. The Morgan fingerprint density at radius 1 is 1.41 bits per heavy atom. The summed E-state index contributed by atoms with van der Waals surface area (Å²) in [6.07, 6.45) is 3.22. The summed E-state index contributed by atoms with van der Waals surface area (Å²) < 4.78 is 10.3. The van der Waals surface area contributed by atoms with Gasteiger partial charge in [-0.25, -0.2) is 0 Å². The van der Waals surface area contributed by atoms with Crippen LogP contribution >= 0.6 is 23.2 Å². The molecule has 0 unspecified atom stereocenters. The van der Waals surface area contributed by atoms with Crippen molar-refractivity contribution in [2.24, 2.45) is 0 Å². The molecule has 0 saturated carbocycles. The van der Waals surface area contributed by atoms with Crippen molar-refractivity contribution in [3.05, 3.63) is 58.4 Å². The normalized spacial score (nSPS) is 12.4. The van der Waals surface area contributed by atoms with Gasteiger partial charge in [0.05, 0.1) is 16.1 Å². The van der Waals surface area contributed by atoms with Crippen LogP contribution in [-0.2, 0) is 6.54 Å². The van der Waals surface area contributed by atoms with Crippen LogP contribution in [0.3, 0.4) is 0 Å². The van der Waals surface area contributed by atoms with Crippen molar-refractivity contribution < 1.29 is 9.26 Å². The predicted octanol–water partition coefficient (Wildman–Crippen LogP) is 4.74. The summed E-state index contributed by atoms with van der Waals surface area (Å²) in [6.45, 7) is 6.70. The van der Waals surface area contributed by atoms with E-state index in [1.54, 1.807) is 12.3 Å². The second kappa shape index (κ2) is 7.68. The van der Waals surface area contributed by atoms with Gasteiger partial charge in [0.25, 0.3) is 0 Å². The maximum absolute atomic E-state index is 6.24. The molecule has 2 aromatic rings. The molecular weight excluding hydrogens is 323 g/mol. The molecule has 6 heteroatoms. The van der Waals surface area contributed by atoms with Crippen molar-refractivity contribution in [1.82, 2.24) is 10.1 Å². The third-order valence-electron chi connectivity index (χ3n) is 3.38. The molecule has 0 bridgehead atoms. The van der Waals surface area contributed by atoms with E-state index in [2.05, 4.69) is 23.6 Å². The molecule has 0 aliphatic carbocycles. The molecule has 1 heterocycles. The molecule has 0 N–H and O–H groups in total. The number of hydrogen-bond acceptors (Lipinski definition) is 4. The van der Waals surface area contributed by atoms with Crippen LogP contribution in [0.1, 0.15) is 24.2 Å². The molecule has 1 atom stereocenters. The minimum atomic E-state index is 0.119. The molecule has 0 radical (unpaired) electrons. The quantitative estimate of drug-likeness (QED) is 0.682. The van der Waals surface area contributed by atoms with Crippen molar-refractivity contribution in [3.8, 4) is 5.75 Å². The van der Waals surface area contributed by atoms with Crippen LogP contribution in [0.5, 0.6) is 5.75 Å². The average molecular weight is 341 g/mol. The van der Waals surface area contributed by atoms with E-state index < -0.39 is 0 Å². The van der Waals surface area contributed by atoms with E-state index in [0.29, 0.717) is 28.9 Å². The lowest BCUT2D eigenvalue weighted by Crippen LogP contribution is -2.22. The summed E-state index contributed by atoms with van der Waals surface area (Å²) in [7, 11) is 2.00. The Bertz CT molecular complexity index is 606. The maximum atomic E-state index is 6.24. The highest BCUT2D eigenvalue weighted by Crippen LogP contribution is 2.35. The highest BCUT2D eigenvalue weighted by atomic mass is 35.5. The summed E-state index contributed by atoms with van der Waals surface area (Å²) in [5, 5.41) is 4.95. The van der Waals surface area contributed by atoms with Crippen molar-refractivity contribution in [2.45, 2.75) is 19.5 Å². The Morgan fingerprint density at radius 2 is 2.09 bits per heavy atom. The standard InChI is InChI=1S/C16H18Cl2N2O2/c1-4-6-21-16-13(17)8-12(9-14(16)18)10-20(3)11(2)15-5-7-22-19-15/h4-5,7-9,11H,1,6,10H2,2-3H3/t11-/m1/s1. The number of aromatic nitrogens is 1. The van der Waals surface area contributed by atoms with Crippen LogP contribution < -0.4 is 4.74 Å². The zero-order valence-electron chi connectivity index (χ0n) is 12.6. The first kappa shape index (κ1) is 16.9. The molecule has 0 spiro atoms. The number of rotatable bonds is 7. The largest absolute Gasteiger partial charge is 0.486 e. The smallest absolute Gasteiger partial charge is 0.156 e. The van der Waals surface area contributed by atoms with Crippen LogP contribution in [-0.4, -0.2) is 23.7 Å². The second-order valence-electron chi connectivity index (χ2n) is 5.00. The second-order valence-corrected chi connectivity index (χ2v) is 5.82. The van der Waals surface area contributed by atoms with Gasteiger partial charge < -0.3 is 9.26 Å². The van der Waals surface area contributed by atoms with Gasteiger partial charge >= 0.3 is 0 Å². The van der Waals surface area contributed by atoms with Gasteiger partial charge in [-0.3, -0.25) is 4.90 Å². The van der Waals surface area contributed by atoms with Gasteiger partial charge in [-0.1, -0.05) is 41.0 Å². The predicted molar refractivity (Wildman–Crippen MR) is 88.5 cm³/mol. The molecule has 1 aromatic carbocycles. The summed E-state index contributed by atoms with van der Waals surface area (Å²) in [4.78, 5) is 2.13. The lowest BCUT2D eigenvalue weighted by atomic mass is 10.1. The number of benzene rings is 1. The molecule has 0 fully saturated rings. The van der Waals surface area contributed by atoms with Gasteiger partial charge in [-0.15, -0.1) is 0 Å². The summed E-state index contributed by atoms with van der Waals surface area (Å²) in [5.41, 5.74) is 1.88. The minimum Gasteiger partial charge on any atom is -0.486 e. The van der Waals surface area contributed by atoms with E-state index in [-0.39, 0.29) is 6.04 Å².